The van der Waals surface area contributed by atoms with Gasteiger partial charge in [-0.15, -0.1) is 0 Å². The van der Waals surface area contributed by atoms with Gasteiger partial charge in [-0.25, -0.2) is 15.0 Å². The van der Waals surface area contributed by atoms with Crippen LogP contribution in [0.15, 0.2) is 43.1 Å². The summed E-state index contributed by atoms with van der Waals surface area (Å²) in [5, 5.41) is 13.1. The minimum absolute atomic E-state index is 0.548. The molecule has 150 valence electrons. The van der Waals surface area contributed by atoms with Crippen LogP contribution in [0.4, 0.5) is 0 Å². The number of piperidine rings is 1. The molecule has 0 atom stereocenters. The van der Waals surface area contributed by atoms with Gasteiger partial charge in [0.2, 0.25) is 0 Å². The molecule has 0 unspecified atom stereocenters. The first-order chi connectivity index (χ1) is 14.8. The topological polar surface area (TPSA) is 100 Å². The fourth-order valence-electron chi connectivity index (χ4n) is 4.43. The number of hydrogen-bond donors (Lipinski definition) is 3. The molecule has 0 saturated carbocycles. The van der Waals surface area contributed by atoms with E-state index in [0.717, 1.165) is 70.8 Å². The molecule has 0 aromatic carbocycles. The lowest BCUT2D eigenvalue weighted by atomic mass is 9.91. The second-order valence-electron chi connectivity index (χ2n) is 7.96. The summed E-state index contributed by atoms with van der Waals surface area (Å²) in [7, 11) is 0. The van der Waals surface area contributed by atoms with Crippen LogP contribution in [0.3, 0.4) is 0 Å². The van der Waals surface area contributed by atoms with E-state index in [-0.39, 0.29) is 0 Å². The number of aromatic nitrogens is 7. The number of fused-ring (bicyclic) bond motifs is 2. The number of rotatable bonds is 3. The van der Waals surface area contributed by atoms with Crippen LogP contribution in [0.5, 0.6) is 0 Å². The molecule has 5 aromatic heterocycles. The van der Waals surface area contributed by atoms with E-state index in [1.54, 1.807) is 0 Å². The van der Waals surface area contributed by atoms with Crippen molar-refractivity contribution >= 4 is 22.1 Å². The van der Waals surface area contributed by atoms with Gasteiger partial charge in [-0.2, -0.15) is 5.10 Å². The van der Waals surface area contributed by atoms with E-state index in [2.05, 4.69) is 47.6 Å². The largest absolute Gasteiger partial charge is 0.338 e. The van der Waals surface area contributed by atoms with Crippen molar-refractivity contribution in [1.82, 2.24) is 40.0 Å². The van der Waals surface area contributed by atoms with Gasteiger partial charge in [-0.1, -0.05) is 0 Å². The molecular formula is C22H22N8. The Hall–Kier alpha value is -3.52. The van der Waals surface area contributed by atoms with Crippen LogP contribution in [-0.2, 0) is 0 Å². The van der Waals surface area contributed by atoms with E-state index in [4.69, 9.17) is 0 Å². The summed E-state index contributed by atoms with van der Waals surface area (Å²) in [6.45, 7) is 4.11. The Morgan fingerprint density at radius 3 is 2.80 bits per heavy atom. The molecule has 0 spiro atoms. The third-order valence-corrected chi connectivity index (χ3v) is 6.01. The number of aromatic amines is 2. The maximum atomic E-state index is 4.62. The Morgan fingerprint density at radius 2 is 1.97 bits per heavy atom. The third kappa shape index (κ3) is 2.80. The lowest BCUT2D eigenvalue weighted by Crippen LogP contribution is -2.26. The quantitative estimate of drug-likeness (QED) is 0.432. The molecule has 0 aliphatic carbocycles. The van der Waals surface area contributed by atoms with Gasteiger partial charge in [0, 0.05) is 29.4 Å². The van der Waals surface area contributed by atoms with Crippen molar-refractivity contribution in [3.05, 3.63) is 54.4 Å². The fourth-order valence-corrected chi connectivity index (χ4v) is 4.43. The number of hydrogen-bond acceptors (Lipinski definition) is 5. The van der Waals surface area contributed by atoms with Gasteiger partial charge in [-0.3, -0.25) is 5.10 Å². The van der Waals surface area contributed by atoms with Gasteiger partial charge < -0.3 is 14.9 Å². The molecule has 1 saturated heterocycles. The van der Waals surface area contributed by atoms with Crippen LogP contribution in [0.25, 0.3) is 39.1 Å². The number of nitrogens with one attached hydrogen (secondary N) is 3. The van der Waals surface area contributed by atoms with Gasteiger partial charge in [0.15, 0.2) is 5.65 Å². The lowest BCUT2D eigenvalue weighted by Gasteiger charge is -2.22. The Kier molecular flexibility index (Phi) is 3.92. The van der Waals surface area contributed by atoms with Gasteiger partial charge in [-0.05, 0) is 62.5 Å². The Balaban J connectivity index is 1.47. The summed E-state index contributed by atoms with van der Waals surface area (Å²) < 4.78 is 2.03. The molecule has 6 rings (SSSR count). The van der Waals surface area contributed by atoms with Crippen LogP contribution in [0.2, 0.25) is 0 Å². The summed E-state index contributed by atoms with van der Waals surface area (Å²) in [5.74, 6) is 0.548. The van der Waals surface area contributed by atoms with Gasteiger partial charge in [0.25, 0.3) is 0 Å². The molecule has 8 heteroatoms. The highest BCUT2D eigenvalue weighted by molar-refractivity contribution is 5.96. The number of imidazole rings is 1. The Morgan fingerprint density at radius 1 is 1.07 bits per heavy atom. The molecule has 30 heavy (non-hydrogen) atoms. The molecule has 0 amide bonds. The van der Waals surface area contributed by atoms with Crippen molar-refractivity contribution in [2.45, 2.75) is 25.7 Å². The molecular weight excluding hydrogens is 376 g/mol. The Labute approximate surface area is 172 Å². The van der Waals surface area contributed by atoms with Crippen molar-refractivity contribution in [1.29, 1.82) is 0 Å². The summed E-state index contributed by atoms with van der Waals surface area (Å²) in [4.78, 5) is 17.0. The highest BCUT2D eigenvalue weighted by Gasteiger charge is 2.19. The van der Waals surface area contributed by atoms with Crippen molar-refractivity contribution in [3.8, 4) is 17.1 Å². The first-order valence-corrected chi connectivity index (χ1v) is 10.3. The zero-order valence-electron chi connectivity index (χ0n) is 16.7. The Bertz CT molecular complexity index is 1350. The van der Waals surface area contributed by atoms with Crippen LogP contribution in [0, 0.1) is 6.92 Å². The molecule has 1 aliphatic rings. The predicted molar refractivity (Wildman–Crippen MR) is 116 cm³/mol. The minimum Gasteiger partial charge on any atom is -0.338 e. The highest BCUT2D eigenvalue weighted by Crippen LogP contribution is 2.32. The van der Waals surface area contributed by atoms with Crippen LogP contribution >= 0.6 is 0 Å². The molecule has 6 heterocycles. The average Bonchev–Trinajstić information content (AvgIpc) is 3.51. The number of pyridine rings is 2. The van der Waals surface area contributed by atoms with Crippen LogP contribution in [0.1, 0.15) is 30.0 Å². The zero-order chi connectivity index (χ0) is 20.1. The smallest absolute Gasteiger partial charge is 0.181 e. The molecule has 1 aliphatic heterocycles. The maximum Gasteiger partial charge on any atom is 0.181 e. The van der Waals surface area contributed by atoms with Crippen LogP contribution < -0.4 is 5.32 Å². The van der Waals surface area contributed by atoms with E-state index in [0.29, 0.717) is 5.92 Å². The van der Waals surface area contributed by atoms with E-state index < -0.39 is 0 Å². The molecule has 3 N–H and O–H groups in total. The van der Waals surface area contributed by atoms with E-state index in [1.165, 1.54) is 5.56 Å². The summed E-state index contributed by atoms with van der Waals surface area (Å²) in [5.41, 5.74) is 6.77. The number of aryl methyl sites for hydroxylation is 1. The second kappa shape index (κ2) is 6.77. The lowest BCUT2D eigenvalue weighted by molar-refractivity contribution is 0.460. The molecule has 0 radical (unpaired) electrons. The summed E-state index contributed by atoms with van der Waals surface area (Å²) >= 11 is 0. The monoisotopic (exact) mass is 398 g/mol. The third-order valence-electron chi connectivity index (χ3n) is 6.01. The first-order valence-electron chi connectivity index (χ1n) is 10.3. The fraction of sp³-hybridized carbons (Fsp3) is 0.273. The summed E-state index contributed by atoms with van der Waals surface area (Å²) in [6, 6.07) is 6.37. The van der Waals surface area contributed by atoms with E-state index >= 15 is 0 Å². The average molecular weight is 398 g/mol. The molecule has 8 nitrogen and oxygen atoms in total. The van der Waals surface area contributed by atoms with Crippen molar-refractivity contribution in [3.63, 3.8) is 0 Å². The van der Waals surface area contributed by atoms with E-state index in [1.807, 2.05) is 42.5 Å². The van der Waals surface area contributed by atoms with Gasteiger partial charge in [0.05, 0.1) is 29.1 Å². The summed E-state index contributed by atoms with van der Waals surface area (Å²) in [6.07, 6.45) is 9.93. The standard InChI is InChI=1S/C22H22N8/c1-13-11-30(12-26-13)19-4-7-24-21-16(19)9-18(27-21)20-17-8-15(10-25-22(17)29-28-20)14-2-5-23-6-3-14/h4,7-12,14,23H,2-3,5-6H2,1H3,(H,24,27)(H,25,28,29). The second-order valence-corrected chi connectivity index (χ2v) is 7.96. The van der Waals surface area contributed by atoms with Crippen molar-refractivity contribution in [2.75, 3.05) is 13.1 Å². The maximum absolute atomic E-state index is 4.62. The predicted octanol–water partition coefficient (Wildman–Crippen LogP) is 3.46. The highest BCUT2D eigenvalue weighted by atomic mass is 15.2. The first kappa shape index (κ1) is 17.3. The number of H-pyrrole nitrogens is 2. The molecule has 1 fully saturated rings. The van der Waals surface area contributed by atoms with Crippen molar-refractivity contribution in [2.24, 2.45) is 0 Å². The SMILES string of the molecule is Cc1cn(-c2ccnc3[nH]c(-c4[nH]nc5ncc(C6CCNCC6)cc45)cc23)cn1. The van der Waals surface area contributed by atoms with E-state index in [9.17, 15) is 0 Å². The van der Waals surface area contributed by atoms with Gasteiger partial charge in [0.1, 0.15) is 5.65 Å². The normalized spacial score (nSPS) is 15.4. The van der Waals surface area contributed by atoms with Crippen LogP contribution in [-0.4, -0.2) is 47.8 Å². The molecule has 0 bridgehead atoms. The zero-order valence-corrected chi connectivity index (χ0v) is 16.7. The van der Waals surface area contributed by atoms with Crippen molar-refractivity contribution < 1.29 is 0 Å². The van der Waals surface area contributed by atoms with Gasteiger partial charge >= 0.3 is 0 Å². The molecule has 5 aromatic rings. The number of nitrogens with zero attached hydrogens (tertiary/aromatic N) is 5. The minimum atomic E-state index is 0.548.